The van der Waals surface area contributed by atoms with Crippen LogP contribution in [-0.4, -0.2) is 11.1 Å². The van der Waals surface area contributed by atoms with Crippen molar-refractivity contribution >= 4 is 5.97 Å². The molecular weight excluding hydrogens is 197 g/mol. The molecule has 0 bridgehead atoms. The summed E-state index contributed by atoms with van der Waals surface area (Å²) in [6, 6.07) is 2.13. The number of hydrogen-bond donors (Lipinski definition) is 2. The van der Waals surface area contributed by atoms with Crippen LogP contribution in [0.5, 0.6) is 0 Å². The Morgan fingerprint density at radius 2 is 2.20 bits per heavy atom. The summed E-state index contributed by atoms with van der Waals surface area (Å²) in [6.45, 7) is 1.86. The van der Waals surface area contributed by atoms with Gasteiger partial charge < -0.3 is 10.8 Å². The van der Waals surface area contributed by atoms with Crippen molar-refractivity contribution in [3.8, 4) is 0 Å². The maximum atomic E-state index is 13.5. The van der Waals surface area contributed by atoms with Crippen molar-refractivity contribution in [3.63, 3.8) is 0 Å². The van der Waals surface area contributed by atoms with Crippen molar-refractivity contribution in [1.29, 1.82) is 0 Å². The predicted octanol–water partition coefficient (Wildman–Crippen LogP) is 2.03. The van der Waals surface area contributed by atoms with Gasteiger partial charge >= 0.3 is 5.97 Å². The number of carboxylic acids is 1. The molecule has 3 nitrogen and oxygen atoms in total. The summed E-state index contributed by atoms with van der Waals surface area (Å²) in [6.07, 6.45) is 0.608. The lowest BCUT2D eigenvalue weighted by atomic mass is 9.98. The molecule has 0 spiro atoms. The van der Waals surface area contributed by atoms with Gasteiger partial charge in [-0.15, -0.1) is 0 Å². The number of carbonyl (C=O) groups is 1. The van der Waals surface area contributed by atoms with Gasteiger partial charge in [0.2, 0.25) is 0 Å². The standard InChI is InChI=1S/C11H12FNO2/c1-5-4-8(13)10-6(11(14)15)2-3-7(12)9(5)10/h2-3,5,8H,4,13H2,1H3,(H,14,15). The summed E-state index contributed by atoms with van der Waals surface area (Å²) in [5, 5.41) is 8.97. The van der Waals surface area contributed by atoms with Crippen molar-refractivity contribution < 1.29 is 14.3 Å². The topological polar surface area (TPSA) is 63.3 Å². The highest BCUT2D eigenvalue weighted by Gasteiger charge is 2.32. The molecule has 0 saturated heterocycles. The normalized spacial score (nSPS) is 23.9. The third kappa shape index (κ3) is 1.41. The van der Waals surface area contributed by atoms with Gasteiger partial charge in [0, 0.05) is 6.04 Å². The second-order valence-electron chi connectivity index (χ2n) is 3.97. The molecular formula is C11H12FNO2. The summed E-state index contributed by atoms with van der Waals surface area (Å²) in [5.41, 5.74) is 6.88. The van der Waals surface area contributed by atoms with Crippen molar-refractivity contribution in [2.24, 2.45) is 5.73 Å². The molecule has 1 aliphatic carbocycles. The SMILES string of the molecule is CC1CC(N)c2c(C(=O)O)ccc(F)c21. The molecule has 2 atom stereocenters. The fraction of sp³-hybridized carbons (Fsp3) is 0.364. The van der Waals surface area contributed by atoms with Crippen LogP contribution in [0.15, 0.2) is 12.1 Å². The van der Waals surface area contributed by atoms with Crippen LogP contribution in [0, 0.1) is 5.82 Å². The minimum atomic E-state index is -1.05. The molecule has 1 aromatic carbocycles. The van der Waals surface area contributed by atoms with Gasteiger partial charge in [-0.3, -0.25) is 0 Å². The van der Waals surface area contributed by atoms with E-state index in [9.17, 15) is 9.18 Å². The minimum Gasteiger partial charge on any atom is -0.478 e. The fourth-order valence-electron chi connectivity index (χ4n) is 2.31. The van der Waals surface area contributed by atoms with Crippen molar-refractivity contribution in [1.82, 2.24) is 0 Å². The van der Waals surface area contributed by atoms with Crippen LogP contribution >= 0.6 is 0 Å². The summed E-state index contributed by atoms with van der Waals surface area (Å²) in [5.74, 6) is -1.40. The van der Waals surface area contributed by atoms with Crippen LogP contribution in [0.1, 0.15) is 46.8 Å². The predicted molar refractivity (Wildman–Crippen MR) is 53.3 cm³/mol. The van der Waals surface area contributed by atoms with Gasteiger partial charge in [0.15, 0.2) is 0 Å². The van der Waals surface area contributed by atoms with Crippen molar-refractivity contribution in [2.75, 3.05) is 0 Å². The van der Waals surface area contributed by atoms with Gasteiger partial charge in [-0.05, 0) is 35.6 Å². The fourth-order valence-corrected chi connectivity index (χ4v) is 2.31. The molecule has 0 radical (unpaired) electrons. The van der Waals surface area contributed by atoms with Gasteiger partial charge in [0.1, 0.15) is 5.82 Å². The molecule has 4 heteroatoms. The van der Waals surface area contributed by atoms with E-state index >= 15 is 0 Å². The molecule has 0 heterocycles. The summed E-state index contributed by atoms with van der Waals surface area (Å²) < 4.78 is 13.5. The van der Waals surface area contributed by atoms with E-state index in [0.29, 0.717) is 17.5 Å². The molecule has 0 fully saturated rings. The first-order valence-electron chi connectivity index (χ1n) is 4.83. The molecule has 2 rings (SSSR count). The van der Waals surface area contributed by atoms with Crippen LogP contribution in [0.25, 0.3) is 0 Å². The molecule has 2 unspecified atom stereocenters. The Morgan fingerprint density at radius 1 is 1.53 bits per heavy atom. The first kappa shape index (κ1) is 10.1. The zero-order chi connectivity index (χ0) is 11.2. The van der Waals surface area contributed by atoms with E-state index in [2.05, 4.69) is 0 Å². The average molecular weight is 209 g/mol. The lowest BCUT2D eigenvalue weighted by Crippen LogP contribution is -2.12. The maximum Gasteiger partial charge on any atom is 0.336 e. The molecule has 1 aliphatic rings. The molecule has 0 aliphatic heterocycles. The number of hydrogen-bond acceptors (Lipinski definition) is 2. The van der Waals surface area contributed by atoms with E-state index in [1.807, 2.05) is 6.92 Å². The smallest absolute Gasteiger partial charge is 0.336 e. The largest absolute Gasteiger partial charge is 0.478 e. The Bertz CT molecular complexity index is 431. The molecule has 0 amide bonds. The van der Waals surface area contributed by atoms with E-state index in [0.717, 1.165) is 0 Å². The Balaban J connectivity index is 2.70. The van der Waals surface area contributed by atoms with Crippen LogP contribution in [-0.2, 0) is 0 Å². The second-order valence-corrected chi connectivity index (χ2v) is 3.97. The van der Waals surface area contributed by atoms with E-state index < -0.39 is 5.97 Å². The number of halogens is 1. The first-order chi connectivity index (χ1) is 7.02. The highest BCUT2D eigenvalue weighted by molar-refractivity contribution is 5.90. The summed E-state index contributed by atoms with van der Waals surface area (Å²) in [4.78, 5) is 10.9. The zero-order valence-corrected chi connectivity index (χ0v) is 8.33. The van der Waals surface area contributed by atoms with Gasteiger partial charge in [0.05, 0.1) is 5.56 Å². The lowest BCUT2D eigenvalue weighted by Gasteiger charge is -2.09. The first-order valence-corrected chi connectivity index (χ1v) is 4.83. The summed E-state index contributed by atoms with van der Waals surface area (Å²) in [7, 11) is 0. The molecule has 3 N–H and O–H groups in total. The molecule has 0 saturated carbocycles. The second kappa shape index (κ2) is 3.31. The molecule has 15 heavy (non-hydrogen) atoms. The Labute approximate surface area is 86.7 Å². The van der Waals surface area contributed by atoms with Gasteiger partial charge in [-0.25, -0.2) is 9.18 Å². The van der Waals surface area contributed by atoms with Crippen LogP contribution < -0.4 is 5.73 Å². The molecule has 80 valence electrons. The summed E-state index contributed by atoms with van der Waals surface area (Å²) >= 11 is 0. The quantitative estimate of drug-likeness (QED) is 0.743. The van der Waals surface area contributed by atoms with E-state index in [1.54, 1.807) is 0 Å². The highest BCUT2D eigenvalue weighted by Crippen LogP contribution is 2.41. The number of nitrogens with two attached hydrogens (primary N) is 1. The van der Waals surface area contributed by atoms with Crippen LogP contribution in [0.4, 0.5) is 4.39 Å². The molecule has 0 aromatic heterocycles. The van der Waals surface area contributed by atoms with E-state index in [-0.39, 0.29) is 23.3 Å². The third-order valence-electron chi connectivity index (χ3n) is 2.94. The van der Waals surface area contributed by atoms with Crippen LogP contribution in [0.2, 0.25) is 0 Å². The van der Waals surface area contributed by atoms with Gasteiger partial charge in [-0.1, -0.05) is 6.92 Å². The molecule has 1 aromatic rings. The monoisotopic (exact) mass is 209 g/mol. The highest BCUT2D eigenvalue weighted by atomic mass is 19.1. The number of carboxylic acid groups (broad SMARTS) is 1. The lowest BCUT2D eigenvalue weighted by molar-refractivity contribution is 0.0695. The Hall–Kier alpha value is -1.42. The average Bonchev–Trinajstić information content (AvgIpc) is 2.43. The van der Waals surface area contributed by atoms with Crippen molar-refractivity contribution in [2.45, 2.75) is 25.3 Å². The van der Waals surface area contributed by atoms with E-state index in [1.165, 1.54) is 12.1 Å². The third-order valence-corrected chi connectivity index (χ3v) is 2.94. The van der Waals surface area contributed by atoms with Gasteiger partial charge in [0.25, 0.3) is 0 Å². The number of rotatable bonds is 1. The maximum absolute atomic E-state index is 13.5. The number of aromatic carboxylic acids is 1. The number of benzene rings is 1. The van der Waals surface area contributed by atoms with Crippen molar-refractivity contribution in [3.05, 3.63) is 34.6 Å². The Morgan fingerprint density at radius 3 is 2.80 bits per heavy atom. The van der Waals surface area contributed by atoms with Gasteiger partial charge in [-0.2, -0.15) is 0 Å². The minimum absolute atomic E-state index is 0.00528. The van der Waals surface area contributed by atoms with E-state index in [4.69, 9.17) is 10.8 Å². The zero-order valence-electron chi connectivity index (χ0n) is 8.33. The Kier molecular flexibility index (Phi) is 2.23. The number of fused-ring (bicyclic) bond motifs is 1. The van der Waals surface area contributed by atoms with Crippen LogP contribution in [0.3, 0.4) is 0 Å².